The molecule has 0 saturated carbocycles. The summed E-state index contributed by atoms with van der Waals surface area (Å²) in [7, 11) is -3.63. The fourth-order valence-electron chi connectivity index (χ4n) is 3.36. The van der Waals surface area contributed by atoms with E-state index in [9.17, 15) is 8.42 Å². The summed E-state index contributed by atoms with van der Waals surface area (Å²) in [6, 6.07) is 12.9. The number of rotatable bonds is 4. The fraction of sp³-hybridized carbons (Fsp3) is 0.368. The minimum atomic E-state index is -3.63. The van der Waals surface area contributed by atoms with E-state index >= 15 is 0 Å². The molecule has 1 unspecified atom stereocenters. The monoisotopic (exact) mass is 374 g/mol. The minimum Gasteiger partial charge on any atom is -0.490 e. The Labute approximate surface area is 153 Å². The zero-order chi connectivity index (χ0) is 18.0. The van der Waals surface area contributed by atoms with Crippen LogP contribution >= 0.6 is 0 Å². The second-order valence-corrected chi connectivity index (χ2v) is 8.23. The highest BCUT2D eigenvalue weighted by atomic mass is 32.2. The molecule has 0 spiro atoms. The first-order valence-electron chi connectivity index (χ1n) is 8.84. The lowest BCUT2D eigenvalue weighted by Gasteiger charge is -2.27. The van der Waals surface area contributed by atoms with Crippen LogP contribution in [0.5, 0.6) is 11.5 Å². The molecule has 7 heteroatoms. The van der Waals surface area contributed by atoms with Gasteiger partial charge in [0.05, 0.1) is 18.1 Å². The van der Waals surface area contributed by atoms with Gasteiger partial charge in [-0.05, 0) is 36.2 Å². The first-order valence-corrected chi connectivity index (χ1v) is 10.3. The predicted octanol–water partition coefficient (Wildman–Crippen LogP) is 2.01. The molecule has 0 amide bonds. The Kier molecular flexibility index (Phi) is 4.84. The number of hydrogen-bond donors (Lipinski definition) is 2. The number of ether oxygens (including phenoxy) is 2. The van der Waals surface area contributed by atoms with Gasteiger partial charge in [-0.15, -0.1) is 0 Å². The van der Waals surface area contributed by atoms with E-state index in [-0.39, 0.29) is 10.9 Å². The van der Waals surface area contributed by atoms with Crippen LogP contribution in [0.15, 0.2) is 47.4 Å². The van der Waals surface area contributed by atoms with Crippen molar-refractivity contribution in [3.05, 3.63) is 53.6 Å². The molecule has 0 bridgehead atoms. The maximum atomic E-state index is 12.7. The lowest BCUT2D eigenvalue weighted by Crippen LogP contribution is -2.38. The maximum Gasteiger partial charge on any atom is 0.240 e. The Morgan fingerprint density at radius 2 is 1.88 bits per heavy atom. The first-order chi connectivity index (χ1) is 12.6. The first kappa shape index (κ1) is 17.3. The quantitative estimate of drug-likeness (QED) is 0.856. The largest absolute Gasteiger partial charge is 0.490 e. The van der Waals surface area contributed by atoms with Crippen molar-refractivity contribution in [2.75, 3.05) is 26.3 Å². The van der Waals surface area contributed by atoms with Crippen LogP contribution in [0.1, 0.15) is 23.6 Å². The average Bonchev–Trinajstić information content (AvgIpc) is 2.91. The van der Waals surface area contributed by atoms with Crippen LogP contribution in [0.4, 0.5) is 0 Å². The number of sulfonamides is 1. The molecule has 1 atom stereocenters. The van der Waals surface area contributed by atoms with Gasteiger partial charge < -0.3 is 14.8 Å². The van der Waals surface area contributed by atoms with Gasteiger partial charge in [0, 0.05) is 25.1 Å². The summed E-state index contributed by atoms with van der Waals surface area (Å²) in [5.41, 5.74) is 2.42. The van der Waals surface area contributed by atoms with Gasteiger partial charge in [-0.25, -0.2) is 13.1 Å². The van der Waals surface area contributed by atoms with Crippen LogP contribution in [0.25, 0.3) is 0 Å². The summed E-state index contributed by atoms with van der Waals surface area (Å²) < 4.78 is 39.3. The third kappa shape index (κ3) is 3.56. The minimum absolute atomic E-state index is 0.0323. The van der Waals surface area contributed by atoms with Gasteiger partial charge in [-0.1, -0.05) is 24.3 Å². The smallest absolute Gasteiger partial charge is 0.240 e. The van der Waals surface area contributed by atoms with Gasteiger partial charge in [-0.2, -0.15) is 0 Å². The van der Waals surface area contributed by atoms with Crippen LogP contribution in [0.3, 0.4) is 0 Å². The van der Waals surface area contributed by atoms with E-state index in [1.807, 2.05) is 18.2 Å². The Balaban J connectivity index is 1.51. The maximum absolute atomic E-state index is 12.7. The molecule has 6 nitrogen and oxygen atoms in total. The number of nitrogens with one attached hydrogen (secondary N) is 2. The van der Waals surface area contributed by atoms with Gasteiger partial charge in [0.2, 0.25) is 10.0 Å². The molecule has 2 aliphatic heterocycles. The van der Waals surface area contributed by atoms with Crippen molar-refractivity contribution in [2.24, 2.45) is 0 Å². The Morgan fingerprint density at radius 3 is 2.77 bits per heavy atom. The van der Waals surface area contributed by atoms with Crippen molar-refractivity contribution in [1.82, 2.24) is 10.0 Å². The molecule has 2 aromatic rings. The number of fused-ring (bicyclic) bond motifs is 2. The summed E-state index contributed by atoms with van der Waals surface area (Å²) in [4.78, 5) is 0.186. The Bertz CT molecular complexity index is 898. The van der Waals surface area contributed by atoms with E-state index in [1.54, 1.807) is 12.1 Å². The van der Waals surface area contributed by atoms with Crippen LogP contribution < -0.4 is 19.5 Å². The molecule has 26 heavy (non-hydrogen) atoms. The molecule has 0 aliphatic carbocycles. The van der Waals surface area contributed by atoms with Crippen LogP contribution in [-0.4, -0.2) is 34.7 Å². The lowest BCUT2D eigenvalue weighted by molar-refractivity contribution is 0.297. The molecule has 2 heterocycles. The summed E-state index contributed by atoms with van der Waals surface area (Å²) >= 11 is 0. The van der Waals surface area contributed by atoms with Gasteiger partial charge in [-0.3, -0.25) is 0 Å². The summed E-state index contributed by atoms with van der Waals surface area (Å²) in [6.45, 7) is 2.23. The predicted molar refractivity (Wildman–Crippen MR) is 98.1 cm³/mol. The number of hydrogen-bond acceptors (Lipinski definition) is 5. The molecule has 0 aromatic heterocycles. The van der Waals surface area contributed by atoms with Crippen LogP contribution in [0, 0.1) is 0 Å². The molecule has 0 saturated heterocycles. The Hall–Kier alpha value is -2.09. The van der Waals surface area contributed by atoms with Gasteiger partial charge in [0.15, 0.2) is 11.5 Å². The number of benzene rings is 2. The third-order valence-corrected chi connectivity index (χ3v) is 6.14. The van der Waals surface area contributed by atoms with Gasteiger partial charge >= 0.3 is 0 Å². The molecule has 138 valence electrons. The van der Waals surface area contributed by atoms with E-state index in [2.05, 4.69) is 16.1 Å². The zero-order valence-corrected chi connectivity index (χ0v) is 15.2. The Morgan fingerprint density at radius 1 is 1.08 bits per heavy atom. The molecular weight excluding hydrogens is 352 g/mol. The van der Waals surface area contributed by atoms with E-state index in [0.717, 1.165) is 24.9 Å². The standard InChI is InChI=1S/C19H22N2O4S/c22-26(23,15-6-7-18-19(12-15)25-11-3-10-24-18)21-13-17-16-5-2-1-4-14(16)8-9-20-17/h1-2,4-7,12,17,20-21H,3,8-11,13H2. The van der Waals surface area contributed by atoms with Crippen molar-refractivity contribution < 1.29 is 17.9 Å². The molecule has 2 aromatic carbocycles. The van der Waals surface area contributed by atoms with Gasteiger partial charge in [0.25, 0.3) is 0 Å². The zero-order valence-electron chi connectivity index (χ0n) is 14.4. The van der Waals surface area contributed by atoms with E-state index in [4.69, 9.17) is 9.47 Å². The van der Waals surface area contributed by atoms with Crippen LogP contribution in [0.2, 0.25) is 0 Å². The summed E-state index contributed by atoms with van der Waals surface area (Å²) in [6.07, 6.45) is 1.74. The summed E-state index contributed by atoms with van der Waals surface area (Å²) in [5, 5.41) is 3.39. The SMILES string of the molecule is O=S(=O)(NCC1NCCc2ccccc21)c1ccc2c(c1)OCCCO2. The van der Waals surface area contributed by atoms with Crippen molar-refractivity contribution >= 4 is 10.0 Å². The molecule has 0 fully saturated rings. The topological polar surface area (TPSA) is 76.7 Å². The van der Waals surface area contributed by atoms with Crippen molar-refractivity contribution in [3.63, 3.8) is 0 Å². The van der Waals surface area contributed by atoms with Crippen molar-refractivity contribution in [1.29, 1.82) is 0 Å². The van der Waals surface area contributed by atoms with Crippen LogP contribution in [-0.2, 0) is 16.4 Å². The lowest BCUT2D eigenvalue weighted by atomic mass is 9.95. The summed E-state index contributed by atoms with van der Waals surface area (Å²) in [5.74, 6) is 1.07. The average molecular weight is 374 g/mol. The van der Waals surface area contributed by atoms with Crippen molar-refractivity contribution in [3.8, 4) is 11.5 Å². The molecule has 2 N–H and O–H groups in total. The molecule has 4 rings (SSSR count). The highest BCUT2D eigenvalue weighted by molar-refractivity contribution is 7.89. The molecule has 2 aliphatic rings. The molecular formula is C19H22N2O4S. The highest BCUT2D eigenvalue weighted by Gasteiger charge is 2.23. The normalized spacial score (nSPS) is 19.5. The van der Waals surface area contributed by atoms with E-state index in [0.29, 0.717) is 31.3 Å². The van der Waals surface area contributed by atoms with E-state index < -0.39 is 10.0 Å². The second-order valence-electron chi connectivity index (χ2n) is 6.47. The highest BCUT2D eigenvalue weighted by Crippen LogP contribution is 2.32. The van der Waals surface area contributed by atoms with E-state index in [1.165, 1.54) is 11.6 Å². The molecule has 0 radical (unpaired) electrons. The fourth-order valence-corrected chi connectivity index (χ4v) is 4.42. The second kappa shape index (κ2) is 7.26. The third-order valence-electron chi connectivity index (χ3n) is 4.72. The van der Waals surface area contributed by atoms with Crippen molar-refractivity contribution in [2.45, 2.75) is 23.8 Å². The van der Waals surface area contributed by atoms with Gasteiger partial charge in [0.1, 0.15) is 0 Å².